The van der Waals surface area contributed by atoms with Crippen LogP contribution in [-0.4, -0.2) is 43.8 Å². The first-order chi connectivity index (χ1) is 11.3. The van der Waals surface area contributed by atoms with E-state index >= 15 is 0 Å². The minimum absolute atomic E-state index is 0.0584. The largest absolute Gasteiger partial charge is 0.341 e. The lowest BCUT2D eigenvalue weighted by atomic mass is 10.1. The number of aromatic nitrogens is 4. The fraction of sp³-hybridized carbons (Fsp3) is 0.529. The Morgan fingerprint density at radius 3 is 2.42 bits per heavy atom. The molecule has 7 heteroatoms. The third-order valence-electron chi connectivity index (χ3n) is 3.68. The molecule has 0 atom stereocenters. The molecule has 6 nitrogen and oxygen atoms in total. The van der Waals surface area contributed by atoms with Crippen molar-refractivity contribution in [3.8, 4) is 0 Å². The Kier molecular flexibility index (Phi) is 5.99. The van der Waals surface area contributed by atoms with Crippen LogP contribution in [0.25, 0.3) is 0 Å². The van der Waals surface area contributed by atoms with Crippen molar-refractivity contribution in [3.05, 3.63) is 35.4 Å². The molecule has 0 bridgehead atoms. The number of hydrogen-bond donors (Lipinski definition) is 0. The van der Waals surface area contributed by atoms with Crippen molar-refractivity contribution in [3.63, 3.8) is 0 Å². The quantitative estimate of drug-likeness (QED) is 0.752. The van der Waals surface area contributed by atoms with Crippen LogP contribution in [0.2, 0.25) is 0 Å². The molecule has 0 radical (unpaired) electrons. The lowest BCUT2D eigenvalue weighted by Crippen LogP contribution is -2.28. The van der Waals surface area contributed by atoms with Crippen molar-refractivity contribution in [1.82, 2.24) is 25.1 Å². The number of thioether (sulfide) groups is 1. The van der Waals surface area contributed by atoms with Gasteiger partial charge in [0.1, 0.15) is 0 Å². The molecule has 0 N–H and O–H groups in total. The smallest absolute Gasteiger partial charge is 0.233 e. The Morgan fingerprint density at radius 2 is 1.83 bits per heavy atom. The maximum atomic E-state index is 12.4. The Bertz CT molecular complexity index is 675. The van der Waals surface area contributed by atoms with Crippen LogP contribution >= 0.6 is 11.8 Å². The predicted octanol–water partition coefficient (Wildman–Crippen LogP) is 2.74. The number of carbonyl (C=O) groups is 1. The highest BCUT2D eigenvalue weighted by Crippen LogP contribution is 2.21. The molecule has 0 fully saturated rings. The second kappa shape index (κ2) is 7.79. The van der Waals surface area contributed by atoms with E-state index in [-0.39, 0.29) is 11.4 Å². The van der Waals surface area contributed by atoms with Crippen molar-refractivity contribution in [1.29, 1.82) is 0 Å². The van der Waals surface area contributed by atoms with Gasteiger partial charge in [-0.25, -0.2) is 4.68 Å². The van der Waals surface area contributed by atoms with Gasteiger partial charge in [0.25, 0.3) is 0 Å². The zero-order valence-electron chi connectivity index (χ0n) is 15.0. The van der Waals surface area contributed by atoms with E-state index in [1.165, 1.54) is 17.3 Å². The van der Waals surface area contributed by atoms with Gasteiger partial charge in [0.2, 0.25) is 11.1 Å². The van der Waals surface area contributed by atoms with Crippen molar-refractivity contribution in [2.24, 2.45) is 0 Å². The van der Waals surface area contributed by atoms with Crippen LogP contribution in [0.1, 0.15) is 38.8 Å². The second-order valence-corrected chi connectivity index (χ2v) is 7.70. The first-order valence-electron chi connectivity index (χ1n) is 8.04. The molecular formula is C17H25N5OS. The van der Waals surface area contributed by atoms with Crippen molar-refractivity contribution >= 4 is 17.7 Å². The Balaban J connectivity index is 1.91. The molecule has 0 saturated carbocycles. The SMILES string of the molecule is CCc1ccc(CN(C)C(=O)CSc2nnnn2C(C)(C)C)cc1. The molecule has 1 amide bonds. The Hall–Kier alpha value is -1.89. The lowest BCUT2D eigenvalue weighted by molar-refractivity contribution is -0.127. The molecule has 1 heterocycles. The standard InChI is InChI=1S/C17H25N5OS/c1-6-13-7-9-14(10-8-13)11-21(5)15(23)12-24-16-18-19-20-22(16)17(2,3)4/h7-10H,6,11-12H2,1-5H3. The van der Waals surface area contributed by atoms with Gasteiger partial charge in [0, 0.05) is 13.6 Å². The van der Waals surface area contributed by atoms with Gasteiger partial charge in [0.05, 0.1) is 11.3 Å². The van der Waals surface area contributed by atoms with Crippen LogP contribution in [0.15, 0.2) is 29.4 Å². The van der Waals surface area contributed by atoms with E-state index in [9.17, 15) is 4.79 Å². The van der Waals surface area contributed by atoms with Crippen LogP contribution in [0, 0.1) is 0 Å². The van der Waals surface area contributed by atoms with Crippen molar-refractivity contribution in [2.75, 3.05) is 12.8 Å². The summed E-state index contributed by atoms with van der Waals surface area (Å²) in [5, 5.41) is 12.4. The molecule has 0 saturated heterocycles. The fourth-order valence-electron chi connectivity index (χ4n) is 2.17. The van der Waals surface area contributed by atoms with E-state index in [1.54, 1.807) is 9.58 Å². The molecule has 1 aromatic carbocycles. The summed E-state index contributed by atoms with van der Waals surface area (Å²) in [5.74, 6) is 0.378. The van der Waals surface area contributed by atoms with Gasteiger partial charge in [-0.2, -0.15) is 0 Å². The number of hydrogen-bond acceptors (Lipinski definition) is 5. The van der Waals surface area contributed by atoms with Crippen LogP contribution < -0.4 is 0 Å². The summed E-state index contributed by atoms with van der Waals surface area (Å²) in [6.07, 6.45) is 1.02. The minimum atomic E-state index is -0.207. The molecular weight excluding hydrogens is 322 g/mol. The summed E-state index contributed by atoms with van der Waals surface area (Å²) in [6.45, 7) is 8.82. The third-order valence-corrected chi connectivity index (χ3v) is 4.58. The van der Waals surface area contributed by atoms with E-state index in [0.717, 1.165) is 12.0 Å². The molecule has 2 rings (SSSR count). The number of benzene rings is 1. The summed E-state index contributed by atoms with van der Waals surface area (Å²) in [5.41, 5.74) is 2.23. The van der Waals surface area contributed by atoms with Crippen molar-refractivity contribution < 1.29 is 4.79 Å². The molecule has 0 unspecified atom stereocenters. The Labute approximate surface area is 147 Å². The highest BCUT2D eigenvalue weighted by Gasteiger charge is 2.21. The number of amides is 1. The van der Waals surface area contributed by atoms with Gasteiger partial charge in [-0.15, -0.1) is 5.10 Å². The van der Waals surface area contributed by atoms with Gasteiger partial charge >= 0.3 is 0 Å². The summed E-state index contributed by atoms with van der Waals surface area (Å²) < 4.78 is 1.74. The Morgan fingerprint density at radius 1 is 1.21 bits per heavy atom. The van der Waals surface area contributed by atoms with Crippen LogP contribution in [0.4, 0.5) is 0 Å². The van der Waals surface area contributed by atoms with Crippen LogP contribution in [0.3, 0.4) is 0 Å². The lowest BCUT2D eigenvalue weighted by Gasteiger charge is -2.20. The summed E-state index contributed by atoms with van der Waals surface area (Å²) in [7, 11) is 1.82. The number of carbonyl (C=O) groups excluding carboxylic acids is 1. The molecule has 0 aliphatic heterocycles. The molecule has 2 aromatic rings. The highest BCUT2D eigenvalue weighted by atomic mass is 32.2. The fourth-order valence-corrected chi connectivity index (χ4v) is 3.17. The zero-order chi connectivity index (χ0) is 17.7. The monoisotopic (exact) mass is 347 g/mol. The van der Waals surface area contributed by atoms with E-state index in [2.05, 4.69) is 46.7 Å². The third kappa shape index (κ3) is 4.80. The molecule has 24 heavy (non-hydrogen) atoms. The van der Waals surface area contributed by atoms with Gasteiger partial charge in [0.15, 0.2) is 0 Å². The van der Waals surface area contributed by atoms with E-state index < -0.39 is 0 Å². The number of rotatable bonds is 6. The molecule has 1 aromatic heterocycles. The molecule has 0 aliphatic rings. The summed E-state index contributed by atoms with van der Waals surface area (Å²) >= 11 is 1.37. The number of tetrazole rings is 1. The second-order valence-electron chi connectivity index (χ2n) is 6.75. The highest BCUT2D eigenvalue weighted by molar-refractivity contribution is 7.99. The van der Waals surface area contributed by atoms with Gasteiger partial charge in [-0.05, 0) is 48.7 Å². The van der Waals surface area contributed by atoms with Gasteiger partial charge < -0.3 is 4.90 Å². The topological polar surface area (TPSA) is 63.9 Å². The minimum Gasteiger partial charge on any atom is -0.341 e. The number of nitrogens with zero attached hydrogens (tertiary/aromatic N) is 5. The molecule has 0 spiro atoms. The summed E-state index contributed by atoms with van der Waals surface area (Å²) in [4.78, 5) is 14.1. The van der Waals surface area contributed by atoms with Crippen molar-refractivity contribution in [2.45, 2.75) is 51.4 Å². The van der Waals surface area contributed by atoms with E-state index in [4.69, 9.17) is 0 Å². The number of aryl methyl sites for hydroxylation is 1. The molecule has 130 valence electrons. The van der Waals surface area contributed by atoms with Gasteiger partial charge in [-0.1, -0.05) is 43.0 Å². The predicted molar refractivity (Wildman–Crippen MR) is 95.8 cm³/mol. The first-order valence-corrected chi connectivity index (χ1v) is 9.03. The average Bonchev–Trinajstić information content (AvgIpc) is 3.02. The van der Waals surface area contributed by atoms with Crippen LogP contribution in [-0.2, 0) is 23.3 Å². The van der Waals surface area contributed by atoms with Gasteiger partial charge in [-0.3, -0.25) is 4.79 Å². The first kappa shape index (κ1) is 18.4. The molecule has 0 aliphatic carbocycles. The van der Waals surface area contributed by atoms with Crippen LogP contribution in [0.5, 0.6) is 0 Å². The summed E-state index contributed by atoms with van der Waals surface area (Å²) in [6, 6.07) is 8.38. The van der Waals surface area contributed by atoms with E-state index in [0.29, 0.717) is 17.5 Å². The normalized spacial score (nSPS) is 11.5. The maximum Gasteiger partial charge on any atom is 0.233 e. The van der Waals surface area contributed by atoms with E-state index in [1.807, 2.05) is 27.8 Å². The maximum absolute atomic E-state index is 12.4. The average molecular weight is 347 g/mol. The zero-order valence-corrected chi connectivity index (χ0v) is 15.8.